The number of anilines is 1. The first-order valence-corrected chi connectivity index (χ1v) is 9.99. The molecule has 0 saturated carbocycles. The van der Waals surface area contributed by atoms with Crippen molar-refractivity contribution < 1.29 is 14.3 Å². The minimum atomic E-state index is -0.314. The highest BCUT2D eigenvalue weighted by molar-refractivity contribution is 7.80. The molecule has 0 spiro atoms. The Labute approximate surface area is 177 Å². The Morgan fingerprint density at radius 1 is 1.00 bits per heavy atom. The Kier molecular flexibility index (Phi) is 8.61. The predicted octanol–water partition coefficient (Wildman–Crippen LogP) is 4.07. The summed E-state index contributed by atoms with van der Waals surface area (Å²) in [4.78, 5) is 24.2. The fourth-order valence-electron chi connectivity index (χ4n) is 2.56. The van der Waals surface area contributed by atoms with Crippen LogP contribution in [0.1, 0.15) is 47.7 Å². The molecule has 0 aliphatic heterocycles. The van der Waals surface area contributed by atoms with E-state index in [1.54, 1.807) is 24.3 Å². The largest absolute Gasteiger partial charge is 0.494 e. The SMILES string of the molecule is CCCOc1ccc(C(=O)CCC(=O)NNC(=S)Nc2cccc(C)c2C)cc1. The maximum absolute atomic E-state index is 12.2. The van der Waals surface area contributed by atoms with Crippen molar-refractivity contribution in [3.05, 3.63) is 59.2 Å². The molecule has 3 N–H and O–H groups in total. The average molecular weight is 414 g/mol. The molecule has 2 rings (SSSR count). The lowest BCUT2D eigenvalue weighted by atomic mass is 10.1. The first-order valence-electron chi connectivity index (χ1n) is 9.58. The summed E-state index contributed by atoms with van der Waals surface area (Å²) in [6.07, 6.45) is 1.10. The number of thiocarbonyl (C=S) groups is 1. The van der Waals surface area contributed by atoms with E-state index in [2.05, 4.69) is 16.2 Å². The van der Waals surface area contributed by atoms with Gasteiger partial charge in [0.05, 0.1) is 6.61 Å². The van der Waals surface area contributed by atoms with Gasteiger partial charge in [-0.2, -0.15) is 0 Å². The van der Waals surface area contributed by atoms with Crippen LogP contribution in [0.2, 0.25) is 0 Å². The highest BCUT2D eigenvalue weighted by atomic mass is 32.1. The first kappa shape index (κ1) is 22.4. The van der Waals surface area contributed by atoms with Gasteiger partial charge < -0.3 is 10.1 Å². The van der Waals surface area contributed by atoms with Gasteiger partial charge in [-0.15, -0.1) is 0 Å². The smallest absolute Gasteiger partial charge is 0.238 e. The van der Waals surface area contributed by atoms with Crippen molar-refractivity contribution >= 4 is 34.7 Å². The Hall–Kier alpha value is -2.93. The number of hydrogen-bond donors (Lipinski definition) is 3. The van der Waals surface area contributed by atoms with Crippen LogP contribution in [0.15, 0.2) is 42.5 Å². The third-order valence-electron chi connectivity index (χ3n) is 4.40. The van der Waals surface area contributed by atoms with Gasteiger partial charge in [0, 0.05) is 24.1 Å². The average Bonchev–Trinajstić information content (AvgIpc) is 2.72. The van der Waals surface area contributed by atoms with Gasteiger partial charge in [0.15, 0.2) is 10.9 Å². The molecule has 0 aliphatic rings. The molecule has 0 aromatic heterocycles. The second kappa shape index (κ2) is 11.2. The van der Waals surface area contributed by atoms with E-state index < -0.39 is 0 Å². The molecular weight excluding hydrogens is 386 g/mol. The molecule has 7 heteroatoms. The highest BCUT2D eigenvalue weighted by Gasteiger charge is 2.10. The van der Waals surface area contributed by atoms with Crippen LogP contribution in [-0.2, 0) is 4.79 Å². The molecule has 29 heavy (non-hydrogen) atoms. The summed E-state index contributed by atoms with van der Waals surface area (Å²) in [7, 11) is 0. The maximum Gasteiger partial charge on any atom is 0.238 e. The topological polar surface area (TPSA) is 79.5 Å². The van der Waals surface area contributed by atoms with Gasteiger partial charge in [0.1, 0.15) is 5.75 Å². The van der Waals surface area contributed by atoms with Crippen LogP contribution in [0.3, 0.4) is 0 Å². The summed E-state index contributed by atoms with van der Waals surface area (Å²) in [5.74, 6) is 0.319. The number of rotatable bonds is 8. The summed E-state index contributed by atoms with van der Waals surface area (Å²) in [5.41, 5.74) is 8.83. The zero-order chi connectivity index (χ0) is 21.2. The van der Waals surface area contributed by atoms with Crippen molar-refractivity contribution in [2.45, 2.75) is 40.0 Å². The molecule has 2 aromatic rings. The van der Waals surface area contributed by atoms with Gasteiger partial charge in [-0.25, -0.2) is 0 Å². The summed E-state index contributed by atoms with van der Waals surface area (Å²) in [6.45, 7) is 6.68. The van der Waals surface area contributed by atoms with E-state index in [-0.39, 0.29) is 29.6 Å². The predicted molar refractivity (Wildman–Crippen MR) is 119 cm³/mol. The van der Waals surface area contributed by atoms with E-state index in [0.717, 1.165) is 29.0 Å². The summed E-state index contributed by atoms with van der Waals surface area (Å²) < 4.78 is 5.50. The van der Waals surface area contributed by atoms with Gasteiger partial charge in [-0.1, -0.05) is 19.1 Å². The van der Waals surface area contributed by atoms with Gasteiger partial charge in [-0.3, -0.25) is 20.4 Å². The van der Waals surface area contributed by atoms with Gasteiger partial charge in [-0.05, 0) is 73.9 Å². The third kappa shape index (κ3) is 7.19. The van der Waals surface area contributed by atoms with Crippen LogP contribution in [0.5, 0.6) is 5.75 Å². The van der Waals surface area contributed by atoms with E-state index >= 15 is 0 Å². The van der Waals surface area contributed by atoms with Crippen molar-refractivity contribution in [2.24, 2.45) is 0 Å². The molecular formula is C22H27N3O3S. The number of Topliss-reactive ketones (excluding diaryl/α,β-unsaturated/α-hetero) is 1. The molecule has 0 atom stereocenters. The van der Waals surface area contributed by atoms with Crippen LogP contribution >= 0.6 is 12.2 Å². The number of benzene rings is 2. The molecule has 0 aliphatic carbocycles. The van der Waals surface area contributed by atoms with E-state index in [4.69, 9.17) is 17.0 Å². The van der Waals surface area contributed by atoms with Crippen molar-refractivity contribution in [1.82, 2.24) is 10.9 Å². The zero-order valence-electron chi connectivity index (χ0n) is 17.0. The van der Waals surface area contributed by atoms with Crippen LogP contribution in [0.25, 0.3) is 0 Å². The van der Waals surface area contributed by atoms with Crippen molar-refractivity contribution in [3.8, 4) is 5.75 Å². The van der Waals surface area contributed by atoms with Gasteiger partial charge in [0.2, 0.25) is 5.91 Å². The fourth-order valence-corrected chi connectivity index (χ4v) is 2.72. The lowest BCUT2D eigenvalue weighted by Crippen LogP contribution is -2.43. The minimum Gasteiger partial charge on any atom is -0.494 e. The number of hydrogen-bond acceptors (Lipinski definition) is 4. The molecule has 0 unspecified atom stereocenters. The minimum absolute atomic E-state index is 0.0615. The molecule has 0 bridgehead atoms. The number of ether oxygens (including phenoxy) is 1. The van der Waals surface area contributed by atoms with Crippen molar-refractivity contribution in [1.29, 1.82) is 0 Å². The summed E-state index contributed by atoms with van der Waals surface area (Å²) >= 11 is 5.20. The maximum atomic E-state index is 12.2. The number of amides is 1. The molecule has 2 aromatic carbocycles. The molecule has 0 heterocycles. The van der Waals surface area contributed by atoms with E-state index in [9.17, 15) is 9.59 Å². The number of hydrazine groups is 1. The Bertz CT molecular complexity index is 866. The number of aryl methyl sites for hydroxylation is 1. The van der Waals surface area contributed by atoms with Crippen LogP contribution in [-0.4, -0.2) is 23.4 Å². The molecule has 1 amide bonds. The van der Waals surface area contributed by atoms with Crippen molar-refractivity contribution in [2.75, 3.05) is 11.9 Å². The number of carbonyl (C=O) groups is 2. The number of carbonyl (C=O) groups excluding carboxylic acids is 2. The van der Waals surface area contributed by atoms with Gasteiger partial charge >= 0.3 is 0 Å². The van der Waals surface area contributed by atoms with Crippen LogP contribution in [0.4, 0.5) is 5.69 Å². The van der Waals surface area contributed by atoms with E-state index in [0.29, 0.717) is 12.2 Å². The Morgan fingerprint density at radius 2 is 1.72 bits per heavy atom. The van der Waals surface area contributed by atoms with E-state index in [1.807, 2.05) is 39.0 Å². The molecule has 6 nitrogen and oxygen atoms in total. The molecule has 0 saturated heterocycles. The molecule has 0 radical (unpaired) electrons. The number of nitrogens with one attached hydrogen (secondary N) is 3. The van der Waals surface area contributed by atoms with Gasteiger partial charge in [0.25, 0.3) is 0 Å². The molecule has 0 fully saturated rings. The second-order valence-corrected chi connectivity index (χ2v) is 7.08. The summed E-state index contributed by atoms with van der Waals surface area (Å²) in [6, 6.07) is 12.8. The Morgan fingerprint density at radius 3 is 2.41 bits per heavy atom. The zero-order valence-corrected chi connectivity index (χ0v) is 17.8. The Balaban J connectivity index is 1.74. The second-order valence-electron chi connectivity index (χ2n) is 6.67. The van der Waals surface area contributed by atoms with Crippen LogP contribution < -0.4 is 20.9 Å². The van der Waals surface area contributed by atoms with Crippen LogP contribution in [0, 0.1) is 13.8 Å². The quantitative estimate of drug-likeness (QED) is 0.344. The normalized spacial score (nSPS) is 10.2. The fraction of sp³-hybridized carbons (Fsp3) is 0.318. The monoisotopic (exact) mass is 413 g/mol. The highest BCUT2D eigenvalue weighted by Crippen LogP contribution is 2.17. The van der Waals surface area contributed by atoms with E-state index in [1.165, 1.54) is 0 Å². The summed E-state index contributed by atoms with van der Waals surface area (Å²) in [5, 5.41) is 3.32. The third-order valence-corrected chi connectivity index (χ3v) is 4.60. The lowest BCUT2D eigenvalue weighted by Gasteiger charge is -2.14. The molecule has 154 valence electrons. The standard InChI is InChI=1S/C22H27N3O3S/c1-4-14-28-18-10-8-17(9-11-18)20(26)12-13-21(27)24-25-22(29)23-19-7-5-6-15(2)16(19)3/h5-11H,4,12-14H2,1-3H3,(H,24,27)(H2,23,25,29). The first-order chi connectivity index (χ1) is 13.9. The van der Waals surface area contributed by atoms with Crippen molar-refractivity contribution in [3.63, 3.8) is 0 Å². The number of ketones is 1. The lowest BCUT2D eigenvalue weighted by molar-refractivity contribution is -0.121.